The number of thiophene rings is 1. The van der Waals surface area contributed by atoms with Gasteiger partial charge < -0.3 is 10.2 Å². The Labute approximate surface area is 101 Å². The van der Waals surface area contributed by atoms with Gasteiger partial charge in [0.05, 0.1) is 16.3 Å². The molecule has 0 aliphatic carbocycles. The molecule has 0 fully saturated rings. The predicted octanol–water partition coefficient (Wildman–Crippen LogP) is 3.65. The summed E-state index contributed by atoms with van der Waals surface area (Å²) in [6, 6.07) is 4.15. The molecule has 0 bridgehead atoms. The van der Waals surface area contributed by atoms with E-state index in [2.05, 4.69) is 28.9 Å². The number of furan rings is 1. The first-order valence-electron chi connectivity index (χ1n) is 4.69. The number of hydrogen-bond acceptors (Lipinski definition) is 3. The van der Waals surface area contributed by atoms with Crippen LogP contribution in [0, 0.1) is 6.92 Å². The summed E-state index contributed by atoms with van der Waals surface area (Å²) < 4.78 is 6.19. The molecule has 0 spiro atoms. The van der Waals surface area contributed by atoms with Crippen molar-refractivity contribution < 1.29 is 4.42 Å². The predicted molar refractivity (Wildman–Crippen MR) is 66.1 cm³/mol. The molecule has 0 saturated carbocycles. The first-order chi connectivity index (χ1) is 7.16. The van der Waals surface area contributed by atoms with E-state index < -0.39 is 0 Å². The van der Waals surface area contributed by atoms with E-state index in [0.717, 1.165) is 12.0 Å². The maximum absolute atomic E-state index is 6.12. The Morgan fingerprint density at radius 3 is 2.93 bits per heavy atom. The Balaban J connectivity index is 2.11. The van der Waals surface area contributed by atoms with Gasteiger partial charge in [-0.1, -0.05) is 0 Å². The van der Waals surface area contributed by atoms with Crippen molar-refractivity contribution in [2.24, 2.45) is 5.73 Å². The molecule has 1 atom stereocenters. The fourth-order valence-corrected chi connectivity index (χ4v) is 3.00. The number of nitrogens with two attached hydrogens (primary N) is 1. The van der Waals surface area contributed by atoms with Crippen LogP contribution in [0.25, 0.3) is 0 Å². The highest BCUT2D eigenvalue weighted by Crippen LogP contribution is 2.31. The van der Waals surface area contributed by atoms with E-state index in [1.54, 1.807) is 23.9 Å². The van der Waals surface area contributed by atoms with Crippen LogP contribution in [0.3, 0.4) is 0 Å². The first-order valence-corrected chi connectivity index (χ1v) is 6.30. The fourth-order valence-electron chi connectivity index (χ4n) is 1.43. The van der Waals surface area contributed by atoms with Gasteiger partial charge in [-0.2, -0.15) is 0 Å². The van der Waals surface area contributed by atoms with Gasteiger partial charge in [-0.25, -0.2) is 0 Å². The molecule has 2 rings (SSSR count). The third-order valence-corrected chi connectivity index (χ3v) is 4.55. The van der Waals surface area contributed by atoms with Crippen LogP contribution in [0.1, 0.15) is 22.0 Å². The van der Waals surface area contributed by atoms with Crippen molar-refractivity contribution in [3.63, 3.8) is 0 Å². The van der Waals surface area contributed by atoms with Crippen molar-refractivity contribution in [3.8, 4) is 0 Å². The zero-order valence-electron chi connectivity index (χ0n) is 8.37. The van der Waals surface area contributed by atoms with Gasteiger partial charge in [0, 0.05) is 10.9 Å². The van der Waals surface area contributed by atoms with Crippen LogP contribution in [-0.2, 0) is 6.42 Å². The van der Waals surface area contributed by atoms with E-state index in [1.807, 2.05) is 6.07 Å². The van der Waals surface area contributed by atoms with Crippen LogP contribution in [0.4, 0.5) is 0 Å². The average molecular weight is 286 g/mol. The standard InChI is InChI=1S/C11H12BrNOS/c1-7-4-10(15-11(7)12)9(13)5-8-2-3-14-6-8/h2-4,6,9H,5,13H2,1H3. The zero-order chi connectivity index (χ0) is 10.8. The molecule has 2 aromatic heterocycles. The highest BCUT2D eigenvalue weighted by atomic mass is 79.9. The van der Waals surface area contributed by atoms with Gasteiger partial charge in [-0.15, -0.1) is 11.3 Å². The van der Waals surface area contributed by atoms with Crippen molar-refractivity contribution in [1.29, 1.82) is 0 Å². The third kappa shape index (κ3) is 2.51. The van der Waals surface area contributed by atoms with E-state index in [4.69, 9.17) is 10.2 Å². The maximum Gasteiger partial charge on any atom is 0.0935 e. The molecule has 80 valence electrons. The van der Waals surface area contributed by atoms with Crippen molar-refractivity contribution in [2.45, 2.75) is 19.4 Å². The van der Waals surface area contributed by atoms with Gasteiger partial charge in [0.1, 0.15) is 0 Å². The molecular weight excluding hydrogens is 274 g/mol. The van der Waals surface area contributed by atoms with Crippen LogP contribution in [0.15, 0.2) is 32.9 Å². The SMILES string of the molecule is Cc1cc(C(N)Cc2ccoc2)sc1Br. The minimum absolute atomic E-state index is 0.0533. The van der Waals surface area contributed by atoms with Crippen LogP contribution >= 0.6 is 27.3 Å². The van der Waals surface area contributed by atoms with E-state index in [0.29, 0.717) is 0 Å². The normalized spacial score (nSPS) is 13.0. The van der Waals surface area contributed by atoms with Crippen molar-refractivity contribution in [2.75, 3.05) is 0 Å². The summed E-state index contributed by atoms with van der Waals surface area (Å²) in [6.07, 6.45) is 4.25. The summed E-state index contributed by atoms with van der Waals surface area (Å²) >= 11 is 5.21. The minimum atomic E-state index is 0.0533. The van der Waals surface area contributed by atoms with Gasteiger partial charge in [-0.3, -0.25) is 0 Å². The average Bonchev–Trinajstić information content (AvgIpc) is 2.78. The summed E-state index contributed by atoms with van der Waals surface area (Å²) in [4.78, 5) is 1.21. The summed E-state index contributed by atoms with van der Waals surface area (Å²) in [5.74, 6) is 0. The van der Waals surface area contributed by atoms with Gasteiger partial charge in [0.25, 0.3) is 0 Å². The molecule has 1 unspecified atom stereocenters. The van der Waals surface area contributed by atoms with Crippen LogP contribution in [0.5, 0.6) is 0 Å². The lowest BCUT2D eigenvalue weighted by Gasteiger charge is -2.06. The van der Waals surface area contributed by atoms with Gasteiger partial charge >= 0.3 is 0 Å². The van der Waals surface area contributed by atoms with Crippen molar-refractivity contribution in [3.05, 3.63) is 44.4 Å². The summed E-state index contributed by atoms with van der Waals surface area (Å²) in [7, 11) is 0. The Hall–Kier alpha value is -0.580. The minimum Gasteiger partial charge on any atom is -0.472 e. The maximum atomic E-state index is 6.12. The Morgan fingerprint density at radius 1 is 1.60 bits per heavy atom. The second kappa shape index (κ2) is 4.51. The molecule has 0 aliphatic rings. The Kier molecular flexibility index (Phi) is 3.29. The van der Waals surface area contributed by atoms with E-state index in [9.17, 15) is 0 Å². The van der Waals surface area contributed by atoms with Crippen LogP contribution in [0.2, 0.25) is 0 Å². The molecule has 0 saturated heterocycles. The van der Waals surface area contributed by atoms with Gasteiger partial charge in [0.2, 0.25) is 0 Å². The van der Waals surface area contributed by atoms with Gasteiger partial charge in [-0.05, 0) is 52.5 Å². The molecule has 0 aliphatic heterocycles. The second-order valence-electron chi connectivity index (χ2n) is 3.55. The lowest BCUT2D eigenvalue weighted by atomic mass is 10.1. The Bertz CT molecular complexity index is 416. The molecule has 0 amide bonds. The van der Waals surface area contributed by atoms with E-state index >= 15 is 0 Å². The molecule has 2 aromatic rings. The highest BCUT2D eigenvalue weighted by molar-refractivity contribution is 9.11. The van der Waals surface area contributed by atoms with E-state index in [-0.39, 0.29) is 6.04 Å². The molecule has 2 heterocycles. The van der Waals surface area contributed by atoms with Crippen molar-refractivity contribution in [1.82, 2.24) is 0 Å². The van der Waals surface area contributed by atoms with Crippen molar-refractivity contribution >= 4 is 27.3 Å². The van der Waals surface area contributed by atoms with Crippen LogP contribution < -0.4 is 5.73 Å². The smallest absolute Gasteiger partial charge is 0.0935 e. The highest BCUT2D eigenvalue weighted by Gasteiger charge is 2.12. The zero-order valence-corrected chi connectivity index (χ0v) is 10.8. The lowest BCUT2D eigenvalue weighted by molar-refractivity contribution is 0.561. The number of hydrogen-bond donors (Lipinski definition) is 1. The quantitative estimate of drug-likeness (QED) is 0.935. The third-order valence-electron chi connectivity index (χ3n) is 2.28. The number of halogens is 1. The molecule has 0 radical (unpaired) electrons. The lowest BCUT2D eigenvalue weighted by Crippen LogP contribution is -2.11. The summed E-state index contributed by atoms with van der Waals surface area (Å²) in [5.41, 5.74) is 8.51. The molecule has 2 nitrogen and oxygen atoms in total. The molecule has 4 heteroatoms. The largest absolute Gasteiger partial charge is 0.472 e. The first kappa shape index (κ1) is 10.9. The monoisotopic (exact) mass is 285 g/mol. The second-order valence-corrected chi connectivity index (χ2v) is 5.95. The molecular formula is C11H12BrNOS. The van der Waals surface area contributed by atoms with E-state index in [1.165, 1.54) is 14.2 Å². The molecule has 0 aromatic carbocycles. The summed E-state index contributed by atoms with van der Waals surface area (Å²) in [6.45, 7) is 2.08. The molecule has 15 heavy (non-hydrogen) atoms. The fraction of sp³-hybridized carbons (Fsp3) is 0.273. The topological polar surface area (TPSA) is 39.2 Å². The Morgan fingerprint density at radius 2 is 2.40 bits per heavy atom. The van der Waals surface area contributed by atoms with Gasteiger partial charge in [0.15, 0.2) is 0 Å². The van der Waals surface area contributed by atoms with Crippen LogP contribution in [-0.4, -0.2) is 0 Å². The number of rotatable bonds is 3. The summed E-state index contributed by atoms with van der Waals surface area (Å²) in [5, 5.41) is 0. The number of aryl methyl sites for hydroxylation is 1. The molecule has 2 N–H and O–H groups in total.